The molecule has 0 aliphatic carbocycles. The molecule has 0 saturated carbocycles. The number of nitrogens with zero attached hydrogens (tertiary/aromatic N) is 3. The summed E-state index contributed by atoms with van der Waals surface area (Å²) in [6.45, 7) is 7.67. The van der Waals surface area contributed by atoms with Crippen molar-refractivity contribution in [2.45, 2.75) is 39.1 Å². The largest absolute Gasteiger partial charge is 0.272 e. The number of aryl methyl sites for hydroxylation is 4. The molecule has 0 fully saturated rings. The summed E-state index contributed by atoms with van der Waals surface area (Å²) in [6.07, 6.45) is 0. The van der Waals surface area contributed by atoms with Crippen LogP contribution in [0.25, 0.3) is 0 Å². The van der Waals surface area contributed by atoms with Gasteiger partial charge in [0.15, 0.2) is 0 Å². The van der Waals surface area contributed by atoms with Crippen LogP contribution >= 0.6 is 11.6 Å². The third-order valence-corrected chi connectivity index (χ3v) is 6.54. The van der Waals surface area contributed by atoms with Crippen molar-refractivity contribution in [3.8, 4) is 0 Å². The van der Waals surface area contributed by atoms with Crippen molar-refractivity contribution < 1.29 is 8.42 Å². The molecule has 126 valence electrons. The van der Waals surface area contributed by atoms with Crippen molar-refractivity contribution in [2.24, 2.45) is 7.05 Å². The Bertz CT molecular complexity index is 857. The Morgan fingerprint density at radius 1 is 1.17 bits per heavy atom. The quantitative estimate of drug-likeness (QED) is 0.846. The van der Waals surface area contributed by atoms with Crippen molar-refractivity contribution in [3.63, 3.8) is 0 Å². The lowest BCUT2D eigenvalue weighted by atomic mass is 10.2. The second-order valence-corrected chi connectivity index (χ2v) is 8.32. The zero-order chi connectivity index (χ0) is 17.5. The van der Waals surface area contributed by atoms with E-state index in [9.17, 15) is 8.42 Å². The fraction of sp³-hybridized carbons (Fsp3) is 0.438. The van der Waals surface area contributed by atoms with Crippen LogP contribution in [0.5, 0.6) is 0 Å². The number of hydrogen-bond donors (Lipinski definition) is 0. The van der Waals surface area contributed by atoms with E-state index in [1.165, 1.54) is 4.31 Å². The highest BCUT2D eigenvalue weighted by molar-refractivity contribution is 7.89. The van der Waals surface area contributed by atoms with Gasteiger partial charge in [0, 0.05) is 36.9 Å². The average Bonchev–Trinajstić information content (AvgIpc) is 2.69. The van der Waals surface area contributed by atoms with Crippen LogP contribution in [0.15, 0.2) is 17.0 Å². The summed E-state index contributed by atoms with van der Waals surface area (Å²) in [4.78, 5) is 0.293. The molecule has 23 heavy (non-hydrogen) atoms. The number of benzene rings is 1. The Hall–Kier alpha value is -1.37. The molecule has 5 nitrogen and oxygen atoms in total. The van der Waals surface area contributed by atoms with Gasteiger partial charge in [0.1, 0.15) is 0 Å². The van der Waals surface area contributed by atoms with Gasteiger partial charge in [-0.1, -0.05) is 11.6 Å². The SMILES string of the molecule is Cc1cc(S(=O)(=O)N(C)Cc2c(C)nn(C)c2C)c(C)cc1Cl. The van der Waals surface area contributed by atoms with Gasteiger partial charge in [0.05, 0.1) is 10.6 Å². The maximum Gasteiger partial charge on any atom is 0.243 e. The molecule has 0 atom stereocenters. The minimum atomic E-state index is -3.59. The van der Waals surface area contributed by atoms with Gasteiger partial charge in [-0.25, -0.2) is 8.42 Å². The summed E-state index contributed by atoms with van der Waals surface area (Å²) in [5, 5.41) is 4.91. The second kappa shape index (κ2) is 6.26. The normalized spacial score (nSPS) is 12.2. The predicted molar refractivity (Wildman–Crippen MR) is 92.3 cm³/mol. The highest BCUT2D eigenvalue weighted by Crippen LogP contribution is 2.27. The fourth-order valence-corrected chi connectivity index (χ4v) is 4.20. The minimum Gasteiger partial charge on any atom is -0.272 e. The van der Waals surface area contributed by atoms with Gasteiger partial charge in [0.2, 0.25) is 10.0 Å². The molecule has 0 bridgehead atoms. The van der Waals surface area contributed by atoms with E-state index >= 15 is 0 Å². The number of hydrogen-bond acceptors (Lipinski definition) is 3. The molecule has 1 aromatic heterocycles. The van der Waals surface area contributed by atoms with Crippen molar-refractivity contribution >= 4 is 21.6 Å². The van der Waals surface area contributed by atoms with Gasteiger partial charge < -0.3 is 0 Å². The fourth-order valence-electron chi connectivity index (χ4n) is 2.55. The molecule has 0 amide bonds. The summed E-state index contributed by atoms with van der Waals surface area (Å²) >= 11 is 6.07. The molecule has 2 rings (SSSR count). The standard InChI is InChI=1S/C16H22ClN3O2S/c1-10-8-16(11(2)7-15(10)17)23(21,22)19(5)9-14-12(3)18-20(6)13(14)4/h7-8H,9H2,1-6H3. The average molecular weight is 356 g/mol. The van der Waals surface area contributed by atoms with Crippen LogP contribution in [0.2, 0.25) is 5.02 Å². The van der Waals surface area contributed by atoms with Crippen molar-refractivity contribution in [2.75, 3.05) is 7.05 Å². The molecule has 0 radical (unpaired) electrons. The Morgan fingerprint density at radius 3 is 2.30 bits per heavy atom. The lowest BCUT2D eigenvalue weighted by molar-refractivity contribution is 0.464. The smallest absolute Gasteiger partial charge is 0.243 e. The number of rotatable bonds is 4. The molecule has 1 heterocycles. The minimum absolute atomic E-state index is 0.287. The molecule has 0 aliphatic heterocycles. The Morgan fingerprint density at radius 2 is 1.78 bits per heavy atom. The first-order valence-electron chi connectivity index (χ1n) is 7.28. The highest BCUT2D eigenvalue weighted by Gasteiger charge is 2.25. The predicted octanol–water partition coefficient (Wildman–Crippen LogP) is 3.13. The molecule has 2 aromatic rings. The van der Waals surface area contributed by atoms with E-state index in [4.69, 9.17) is 11.6 Å². The Balaban J connectivity index is 2.42. The molecule has 1 aromatic carbocycles. The first-order valence-corrected chi connectivity index (χ1v) is 9.09. The van der Waals surface area contributed by atoms with Crippen molar-refractivity contribution in [1.82, 2.24) is 14.1 Å². The first kappa shape index (κ1) is 18.0. The molecule has 0 N–H and O–H groups in total. The lowest BCUT2D eigenvalue weighted by Gasteiger charge is -2.19. The van der Waals surface area contributed by atoms with E-state index < -0.39 is 10.0 Å². The van der Waals surface area contributed by atoms with Crippen LogP contribution in [0.3, 0.4) is 0 Å². The van der Waals surface area contributed by atoms with E-state index in [-0.39, 0.29) is 6.54 Å². The van der Waals surface area contributed by atoms with E-state index in [0.29, 0.717) is 15.5 Å². The van der Waals surface area contributed by atoms with Crippen LogP contribution in [0.4, 0.5) is 0 Å². The van der Waals surface area contributed by atoms with Gasteiger partial charge in [-0.15, -0.1) is 0 Å². The van der Waals surface area contributed by atoms with E-state index in [0.717, 1.165) is 22.5 Å². The maximum absolute atomic E-state index is 12.9. The molecule has 0 saturated heterocycles. The Labute approximate surface area is 142 Å². The number of sulfonamides is 1. The van der Waals surface area contributed by atoms with Crippen LogP contribution in [-0.2, 0) is 23.6 Å². The van der Waals surface area contributed by atoms with E-state index in [1.54, 1.807) is 37.7 Å². The topological polar surface area (TPSA) is 55.2 Å². The monoisotopic (exact) mass is 355 g/mol. The van der Waals surface area contributed by atoms with Gasteiger partial charge in [-0.2, -0.15) is 9.40 Å². The number of aromatic nitrogens is 2. The summed E-state index contributed by atoms with van der Waals surface area (Å²) in [6, 6.07) is 3.32. The molecular weight excluding hydrogens is 334 g/mol. The maximum atomic E-state index is 12.9. The molecular formula is C16H22ClN3O2S. The third-order valence-electron chi connectivity index (χ3n) is 4.18. The van der Waals surface area contributed by atoms with Crippen LogP contribution in [-0.4, -0.2) is 29.6 Å². The lowest BCUT2D eigenvalue weighted by Crippen LogP contribution is -2.27. The summed E-state index contributed by atoms with van der Waals surface area (Å²) < 4.78 is 28.9. The van der Waals surface area contributed by atoms with Crippen molar-refractivity contribution in [3.05, 3.63) is 45.2 Å². The van der Waals surface area contributed by atoms with Crippen LogP contribution in [0, 0.1) is 27.7 Å². The van der Waals surface area contributed by atoms with E-state index in [1.807, 2.05) is 20.9 Å². The number of halogens is 1. The molecule has 7 heteroatoms. The molecule has 0 unspecified atom stereocenters. The molecule has 0 spiro atoms. The Kier molecular flexibility index (Phi) is 4.89. The summed E-state index contributed by atoms with van der Waals surface area (Å²) in [5.74, 6) is 0. The summed E-state index contributed by atoms with van der Waals surface area (Å²) in [7, 11) is -0.152. The van der Waals surface area contributed by atoms with Gasteiger partial charge in [-0.05, 0) is 51.0 Å². The zero-order valence-electron chi connectivity index (χ0n) is 14.3. The van der Waals surface area contributed by atoms with Crippen LogP contribution < -0.4 is 0 Å². The highest BCUT2D eigenvalue weighted by atomic mass is 35.5. The van der Waals surface area contributed by atoms with E-state index in [2.05, 4.69) is 5.10 Å². The van der Waals surface area contributed by atoms with Gasteiger partial charge in [-0.3, -0.25) is 4.68 Å². The summed E-state index contributed by atoms with van der Waals surface area (Å²) in [5.41, 5.74) is 4.14. The second-order valence-electron chi connectivity index (χ2n) is 5.90. The molecule has 0 aliphatic rings. The van der Waals surface area contributed by atoms with Gasteiger partial charge in [0.25, 0.3) is 0 Å². The van der Waals surface area contributed by atoms with Gasteiger partial charge >= 0.3 is 0 Å². The first-order chi connectivity index (χ1) is 10.6. The van der Waals surface area contributed by atoms with Crippen molar-refractivity contribution in [1.29, 1.82) is 0 Å². The zero-order valence-corrected chi connectivity index (χ0v) is 15.9. The van der Waals surface area contributed by atoms with Crippen LogP contribution in [0.1, 0.15) is 28.1 Å². The third kappa shape index (κ3) is 3.29.